The van der Waals surface area contributed by atoms with Crippen LogP contribution in [0, 0.1) is 31.1 Å². The van der Waals surface area contributed by atoms with E-state index < -0.39 is 0 Å². The molecule has 0 aromatic heterocycles. The minimum atomic E-state index is 0. The van der Waals surface area contributed by atoms with Crippen LogP contribution in [0.4, 0.5) is 0 Å². The summed E-state index contributed by atoms with van der Waals surface area (Å²) < 4.78 is 1.23. The zero-order chi connectivity index (χ0) is 4.83. The predicted octanol–water partition coefficient (Wildman–Crippen LogP) is 1.81. The maximum atomic E-state index is 3.92. The second-order valence-electron chi connectivity index (χ2n) is 1.08. The summed E-state index contributed by atoms with van der Waals surface area (Å²) in [4.78, 5) is 0. The van der Waals surface area contributed by atoms with Crippen molar-refractivity contribution in [3.8, 4) is 0 Å². The molecule has 0 atom stereocenters. The Balaban J connectivity index is 0. The molecule has 0 radical (unpaired) electrons. The SMILES string of the molecule is C[N-]CCCI.[U]. The van der Waals surface area contributed by atoms with Gasteiger partial charge in [-0.15, -0.1) is 6.54 Å². The Morgan fingerprint density at radius 2 is 2.14 bits per heavy atom. The second kappa shape index (κ2) is 10.7. The average Bonchev–Trinajstić information content (AvgIpc) is 1.61. The van der Waals surface area contributed by atoms with Gasteiger partial charge < -0.3 is 5.32 Å². The molecule has 0 heterocycles. The van der Waals surface area contributed by atoms with Crippen LogP contribution < -0.4 is 0 Å². The van der Waals surface area contributed by atoms with Gasteiger partial charge in [-0.2, -0.15) is 7.05 Å². The normalized spacial score (nSPS) is 7.71. The molecular weight excluding hydrogens is 427 g/mol. The minimum Gasteiger partial charge on any atom is -0.665 e. The number of halogens is 1. The van der Waals surface area contributed by atoms with Gasteiger partial charge in [0.2, 0.25) is 0 Å². The number of nitrogens with zero attached hydrogens (tertiary/aromatic N) is 1. The minimum absolute atomic E-state index is 0. The van der Waals surface area contributed by atoms with Gasteiger partial charge in [-0.1, -0.05) is 29.0 Å². The van der Waals surface area contributed by atoms with Crippen LogP contribution in [0.5, 0.6) is 0 Å². The van der Waals surface area contributed by atoms with Crippen LogP contribution in [0.15, 0.2) is 0 Å². The first-order valence-corrected chi connectivity index (χ1v) is 3.56. The topological polar surface area (TPSA) is 14.1 Å². The summed E-state index contributed by atoms with van der Waals surface area (Å²) >= 11 is 2.35. The van der Waals surface area contributed by atoms with Gasteiger partial charge in [0.05, 0.1) is 0 Å². The van der Waals surface area contributed by atoms with Crippen molar-refractivity contribution in [2.75, 3.05) is 18.0 Å². The van der Waals surface area contributed by atoms with E-state index in [9.17, 15) is 0 Å². The molecule has 0 spiro atoms. The number of hydrogen-bond acceptors (Lipinski definition) is 0. The molecule has 42 valence electrons. The maximum Gasteiger partial charge on any atom is 0 e. The van der Waals surface area contributed by atoms with Crippen molar-refractivity contribution in [2.24, 2.45) is 0 Å². The van der Waals surface area contributed by atoms with Gasteiger partial charge in [0, 0.05) is 31.1 Å². The van der Waals surface area contributed by atoms with Crippen molar-refractivity contribution in [1.82, 2.24) is 0 Å². The largest absolute Gasteiger partial charge is 0.665 e. The fraction of sp³-hybridized carbons (Fsp3) is 1.00. The second-order valence-corrected chi connectivity index (χ2v) is 2.16. The van der Waals surface area contributed by atoms with Crippen molar-refractivity contribution >= 4 is 22.6 Å². The number of rotatable bonds is 3. The van der Waals surface area contributed by atoms with Crippen LogP contribution in [-0.2, 0) is 0 Å². The average molecular weight is 436 g/mol. The molecule has 0 aliphatic heterocycles. The van der Waals surface area contributed by atoms with Crippen LogP contribution in [-0.4, -0.2) is 18.0 Å². The molecule has 0 bridgehead atoms. The molecule has 7 heavy (non-hydrogen) atoms. The van der Waals surface area contributed by atoms with Crippen LogP contribution >= 0.6 is 22.6 Å². The van der Waals surface area contributed by atoms with E-state index in [1.807, 2.05) is 7.05 Å². The van der Waals surface area contributed by atoms with Crippen LogP contribution in [0.1, 0.15) is 6.42 Å². The molecule has 0 saturated carbocycles. The summed E-state index contributed by atoms with van der Waals surface area (Å²) in [7, 11) is 1.85. The maximum absolute atomic E-state index is 3.92. The van der Waals surface area contributed by atoms with Crippen molar-refractivity contribution in [3.05, 3.63) is 5.32 Å². The van der Waals surface area contributed by atoms with Crippen molar-refractivity contribution < 1.29 is 31.1 Å². The fourth-order valence-electron chi connectivity index (χ4n) is 0.218. The molecule has 0 aliphatic carbocycles. The molecule has 0 rings (SSSR count). The van der Waals surface area contributed by atoms with Crippen molar-refractivity contribution in [1.29, 1.82) is 0 Å². The Morgan fingerprint density at radius 3 is 2.29 bits per heavy atom. The first-order valence-electron chi connectivity index (χ1n) is 2.03. The Morgan fingerprint density at radius 1 is 1.57 bits per heavy atom. The molecule has 0 saturated heterocycles. The van der Waals surface area contributed by atoms with Gasteiger partial charge in [-0.25, -0.2) is 0 Å². The molecule has 0 aromatic carbocycles. The Hall–Kier alpha value is 1.74. The molecule has 0 aromatic rings. The van der Waals surface area contributed by atoms with Gasteiger partial charge in [0.1, 0.15) is 0 Å². The predicted molar refractivity (Wildman–Crippen MR) is 37.7 cm³/mol. The Kier molecular flexibility index (Phi) is 17.6. The summed E-state index contributed by atoms with van der Waals surface area (Å²) in [5.74, 6) is 0. The summed E-state index contributed by atoms with van der Waals surface area (Å²) in [6.07, 6.45) is 1.23. The first kappa shape index (κ1) is 11.5. The molecular formula is C4H9INU-. The van der Waals surface area contributed by atoms with E-state index >= 15 is 0 Å². The van der Waals surface area contributed by atoms with E-state index in [0.717, 1.165) is 6.54 Å². The van der Waals surface area contributed by atoms with Gasteiger partial charge in [-0.05, 0) is 4.43 Å². The van der Waals surface area contributed by atoms with E-state index in [4.69, 9.17) is 0 Å². The van der Waals surface area contributed by atoms with E-state index in [2.05, 4.69) is 27.9 Å². The van der Waals surface area contributed by atoms with Crippen molar-refractivity contribution in [2.45, 2.75) is 6.42 Å². The number of hydrogen-bond donors (Lipinski definition) is 0. The summed E-state index contributed by atoms with van der Waals surface area (Å²) in [6, 6.07) is 0. The standard InChI is InChI=1S/C4H9IN.U/c1-6-4-2-3-5;/h2-4H2,1H3;/q-1;. The van der Waals surface area contributed by atoms with Crippen LogP contribution in [0.25, 0.3) is 5.32 Å². The summed E-state index contributed by atoms with van der Waals surface area (Å²) in [6.45, 7) is 1.03. The van der Waals surface area contributed by atoms with E-state index in [1.54, 1.807) is 0 Å². The molecule has 0 amide bonds. The van der Waals surface area contributed by atoms with E-state index in [-0.39, 0.29) is 31.1 Å². The van der Waals surface area contributed by atoms with E-state index in [0.29, 0.717) is 0 Å². The molecule has 0 N–H and O–H groups in total. The summed E-state index contributed by atoms with van der Waals surface area (Å²) in [5.41, 5.74) is 0. The number of alkyl halides is 1. The van der Waals surface area contributed by atoms with Gasteiger partial charge in [-0.3, -0.25) is 0 Å². The Bertz CT molecular complexity index is 23.7. The first-order chi connectivity index (χ1) is 2.91. The fourth-order valence-corrected chi connectivity index (χ4v) is 0.559. The van der Waals surface area contributed by atoms with Crippen LogP contribution in [0.3, 0.4) is 0 Å². The molecule has 0 unspecified atom stereocenters. The molecule has 0 aliphatic rings. The van der Waals surface area contributed by atoms with Gasteiger partial charge >= 0.3 is 0 Å². The molecule has 1 nitrogen and oxygen atoms in total. The van der Waals surface area contributed by atoms with Gasteiger partial charge in [0.15, 0.2) is 0 Å². The van der Waals surface area contributed by atoms with Crippen LogP contribution in [0.2, 0.25) is 0 Å². The van der Waals surface area contributed by atoms with E-state index in [1.165, 1.54) is 10.8 Å². The molecule has 0 fully saturated rings. The third kappa shape index (κ3) is 11.4. The zero-order valence-corrected chi connectivity index (χ0v) is 10.8. The third-order valence-electron chi connectivity index (χ3n) is 0.515. The van der Waals surface area contributed by atoms with Crippen molar-refractivity contribution in [3.63, 3.8) is 0 Å². The molecule has 3 heteroatoms. The smallest absolute Gasteiger partial charge is 0 e. The summed E-state index contributed by atoms with van der Waals surface area (Å²) in [5, 5.41) is 3.92. The monoisotopic (exact) mass is 436 g/mol. The zero-order valence-electron chi connectivity index (χ0n) is 4.45. The Labute approximate surface area is 82.5 Å². The quantitative estimate of drug-likeness (QED) is 0.365. The van der Waals surface area contributed by atoms with Gasteiger partial charge in [0.25, 0.3) is 0 Å². The third-order valence-corrected chi connectivity index (χ3v) is 1.28.